The van der Waals surface area contributed by atoms with E-state index in [1.165, 1.54) is 0 Å². The van der Waals surface area contributed by atoms with E-state index in [0.29, 0.717) is 50.7 Å². The van der Waals surface area contributed by atoms with Gasteiger partial charge in [-0.25, -0.2) is 0 Å². The molecule has 0 aliphatic carbocycles. The van der Waals surface area contributed by atoms with Gasteiger partial charge in [0.25, 0.3) is 5.91 Å². The fourth-order valence-electron chi connectivity index (χ4n) is 3.58. The molecule has 0 radical (unpaired) electrons. The topological polar surface area (TPSA) is 78.8 Å². The van der Waals surface area contributed by atoms with Crippen molar-refractivity contribution in [1.29, 1.82) is 0 Å². The summed E-state index contributed by atoms with van der Waals surface area (Å²) in [7, 11) is 1.58. The number of hydrogen-bond donors (Lipinski definition) is 1. The van der Waals surface area contributed by atoms with Gasteiger partial charge in [0.15, 0.2) is 5.76 Å². The number of ether oxygens (including phenoxy) is 1. The number of rotatable bonds is 5. The van der Waals surface area contributed by atoms with Gasteiger partial charge in [-0.15, -0.1) is 0 Å². The first-order valence-corrected chi connectivity index (χ1v) is 9.35. The van der Waals surface area contributed by atoms with Crippen molar-refractivity contribution in [3.8, 4) is 0 Å². The number of benzene rings is 1. The summed E-state index contributed by atoms with van der Waals surface area (Å²) in [5.74, 6) is 0.868. The van der Waals surface area contributed by atoms with Crippen LogP contribution >= 0.6 is 0 Å². The molecule has 3 heterocycles. The smallest absolute Gasteiger partial charge is 0.289 e. The number of nitrogens with one attached hydrogen (secondary N) is 1. The lowest BCUT2D eigenvalue weighted by Crippen LogP contribution is -2.50. The molecule has 28 heavy (non-hydrogen) atoms. The molecular formula is C21H23N3O4. The van der Waals surface area contributed by atoms with E-state index in [0.717, 1.165) is 16.5 Å². The van der Waals surface area contributed by atoms with Crippen LogP contribution in [0, 0.1) is 0 Å². The first-order valence-electron chi connectivity index (χ1n) is 9.35. The van der Waals surface area contributed by atoms with Crippen molar-refractivity contribution in [2.45, 2.75) is 13.0 Å². The number of piperazine rings is 1. The number of carbonyl (C=O) groups is 2. The minimum atomic E-state index is -0.147. The van der Waals surface area contributed by atoms with Gasteiger partial charge in [-0.05, 0) is 23.8 Å². The highest BCUT2D eigenvalue weighted by Gasteiger charge is 2.26. The maximum absolute atomic E-state index is 12.7. The standard InChI is InChI=1S/C21H23N3O4/c1-27-14-16-6-7-19(28-16)21(26)24-10-8-23(9-11-24)20(25)12-15-13-22-18-5-3-2-4-17(15)18/h2-7,13,22H,8-12,14H2,1H3. The number of hydrogen-bond acceptors (Lipinski definition) is 4. The van der Waals surface area contributed by atoms with Crippen LogP contribution in [0.4, 0.5) is 0 Å². The summed E-state index contributed by atoms with van der Waals surface area (Å²) in [6.07, 6.45) is 2.26. The highest BCUT2D eigenvalue weighted by atomic mass is 16.5. The van der Waals surface area contributed by atoms with Gasteiger partial charge in [0.05, 0.1) is 6.42 Å². The highest BCUT2D eigenvalue weighted by Crippen LogP contribution is 2.19. The average Bonchev–Trinajstić information content (AvgIpc) is 3.35. The first-order chi connectivity index (χ1) is 13.7. The fourth-order valence-corrected chi connectivity index (χ4v) is 3.58. The van der Waals surface area contributed by atoms with Gasteiger partial charge in [0.1, 0.15) is 12.4 Å². The second-order valence-corrected chi connectivity index (χ2v) is 6.91. The Morgan fingerprint density at radius 1 is 1.07 bits per heavy atom. The molecule has 4 rings (SSSR count). The summed E-state index contributed by atoms with van der Waals surface area (Å²) in [5, 5.41) is 1.08. The number of methoxy groups -OCH3 is 1. The van der Waals surface area contributed by atoms with Crippen LogP contribution in [0.25, 0.3) is 10.9 Å². The number of H-pyrrole nitrogens is 1. The molecule has 1 aromatic carbocycles. The largest absolute Gasteiger partial charge is 0.453 e. The van der Waals surface area contributed by atoms with E-state index >= 15 is 0 Å². The van der Waals surface area contributed by atoms with Crippen molar-refractivity contribution in [3.63, 3.8) is 0 Å². The molecule has 2 amide bonds. The molecule has 7 nitrogen and oxygen atoms in total. The van der Waals surface area contributed by atoms with Gasteiger partial charge in [0, 0.05) is 50.4 Å². The summed E-state index contributed by atoms with van der Waals surface area (Å²) in [6, 6.07) is 11.4. The third kappa shape index (κ3) is 3.66. The Kier molecular flexibility index (Phi) is 5.16. The van der Waals surface area contributed by atoms with Gasteiger partial charge in [0.2, 0.25) is 5.91 Å². The summed E-state index contributed by atoms with van der Waals surface area (Å²) in [6.45, 7) is 2.39. The van der Waals surface area contributed by atoms with E-state index in [4.69, 9.17) is 9.15 Å². The molecule has 0 bridgehead atoms. The number of furan rings is 1. The number of fused-ring (bicyclic) bond motifs is 1. The van der Waals surface area contributed by atoms with Crippen LogP contribution in [0.15, 0.2) is 47.0 Å². The Hall–Kier alpha value is -3.06. The van der Waals surface area contributed by atoms with Crippen LogP contribution in [-0.2, 0) is 22.6 Å². The molecular weight excluding hydrogens is 358 g/mol. The monoisotopic (exact) mass is 381 g/mol. The van der Waals surface area contributed by atoms with E-state index in [2.05, 4.69) is 4.98 Å². The summed E-state index contributed by atoms with van der Waals surface area (Å²) >= 11 is 0. The maximum Gasteiger partial charge on any atom is 0.289 e. The molecule has 7 heteroatoms. The van der Waals surface area contributed by atoms with Gasteiger partial charge in [-0.1, -0.05) is 18.2 Å². The summed E-state index contributed by atoms with van der Waals surface area (Å²) < 4.78 is 10.5. The van der Waals surface area contributed by atoms with E-state index in [1.807, 2.05) is 35.4 Å². The van der Waals surface area contributed by atoms with Crippen LogP contribution in [-0.4, -0.2) is 59.9 Å². The zero-order chi connectivity index (χ0) is 19.5. The molecule has 0 spiro atoms. The predicted molar refractivity (Wildman–Crippen MR) is 104 cm³/mol. The zero-order valence-corrected chi connectivity index (χ0v) is 15.8. The lowest BCUT2D eigenvalue weighted by Gasteiger charge is -2.34. The average molecular weight is 381 g/mol. The van der Waals surface area contributed by atoms with Gasteiger partial charge >= 0.3 is 0 Å². The van der Waals surface area contributed by atoms with Crippen LogP contribution in [0.3, 0.4) is 0 Å². The summed E-state index contributed by atoms with van der Waals surface area (Å²) in [5.41, 5.74) is 2.03. The Morgan fingerprint density at radius 2 is 1.82 bits per heavy atom. The van der Waals surface area contributed by atoms with Gasteiger partial charge in [-0.2, -0.15) is 0 Å². The Labute approximate surface area is 162 Å². The van der Waals surface area contributed by atoms with Gasteiger partial charge < -0.3 is 23.9 Å². The molecule has 146 valence electrons. The maximum atomic E-state index is 12.7. The third-order valence-electron chi connectivity index (χ3n) is 5.10. The number of nitrogens with zero attached hydrogens (tertiary/aromatic N) is 2. The predicted octanol–water partition coefficient (Wildman–Crippen LogP) is 2.43. The van der Waals surface area contributed by atoms with Crippen molar-refractivity contribution < 1.29 is 18.7 Å². The SMILES string of the molecule is COCc1ccc(C(=O)N2CCN(C(=O)Cc3c[nH]c4ccccc34)CC2)o1. The second-order valence-electron chi connectivity index (χ2n) is 6.91. The van der Waals surface area contributed by atoms with Crippen molar-refractivity contribution in [2.24, 2.45) is 0 Å². The minimum absolute atomic E-state index is 0.0808. The van der Waals surface area contributed by atoms with Crippen LogP contribution < -0.4 is 0 Å². The second kappa shape index (κ2) is 7.90. The number of amides is 2. The molecule has 2 aromatic heterocycles. The molecule has 0 atom stereocenters. The Balaban J connectivity index is 1.34. The molecule has 1 saturated heterocycles. The van der Waals surface area contributed by atoms with Crippen LogP contribution in [0.2, 0.25) is 0 Å². The van der Waals surface area contributed by atoms with E-state index in [1.54, 1.807) is 24.1 Å². The first kappa shape index (κ1) is 18.3. The Morgan fingerprint density at radius 3 is 2.61 bits per heavy atom. The number of aromatic nitrogens is 1. The molecule has 3 aromatic rings. The number of para-hydroxylation sites is 1. The number of aromatic amines is 1. The van der Waals surface area contributed by atoms with Crippen molar-refractivity contribution in [2.75, 3.05) is 33.3 Å². The lowest BCUT2D eigenvalue weighted by atomic mass is 10.1. The van der Waals surface area contributed by atoms with Crippen molar-refractivity contribution >= 4 is 22.7 Å². The quantitative estimate of drug-likeness (QED) is 0.736. The molecule has 1 N–H and O–H groups in total. The Bertz CT molecular complexity index is 982. The molecule has 0 saturated carbocycles. The highest BCUT2D eigenvalue weighted by molar-refractivity contribution is 5.92. The molecule has 0 unspecified atom stereocenters. The lowest BCUT2D eigenvalue weighted by molar-refractivity contribution is -0.131. The van der Waals surface area contributed by atoms with Gasteiger partial charge in [-0.3, -0.25) is 9.59 Å². The van der Waals surface area contributed by atoms with Crippen LogP contribution in [0.5, 0.6) is 0 Å². The van der Waals surface area contributed by atoms with Crippen molar-refractivity contribution in [3.05, 3.63) is 59.7 Å². The summed E-state index contributed by atoms with van der Waals surface area (Å²) in [4.78, 5) is 32.0. The van der Waals surface area contributed by atoms with Crippen LogP contribution in [0.1, 0.15) is 21.9 Å². The third-order valence-corrected chi connectivity index (χ3v) is 5.10. The fraction of sp³-hybridized carbons (Fsp3) is 0.333. The normalized spacial score (nSPS) is 14.6. The minimum Gasteiger partial charge on any atom is -0.453 e. The van der Waals surface area contributed by atoms with E-state index in [-0.39, 0.29) is 11.8 Å². The molecule has 1 aliphatic heterocycles. The number of carbonyl (C=O) groups excluding carboxylic acids is 2. The van der Waals surface area contributed by atoms with Crippen molar-refractivity contribution in [1.82, 2.24) is 14.8 Å². The zero-order valence-electron chi connectivity index (χ0n) is 15.8. The van der Waals surface area contributed by atoms with E-state index < -0.39 is 0 Å². The molecule has 1 aliphatic rings. The van der Waals surface area contributed by atoms with E-state index in [9.17, 15) is 9.59 Å². The molecule has 1 fully saturated rings.